The minimum absolute atomic E-state index is 0. The van der Waals surface area contributed by atoms with Crippen molar-refractivity contribution in [1.82, 2.24) is 0 Å². The van der Waals surface area contributed by atoms with Crippen molar-refractivity contribution in [2.45, 2.75) is 0 Å². The van der Waals surface area contributed by atoms with Gasteiger partial charge in [0.15, 0.2) is 0 Å². The molecule has 0 heterocycles. The smallest absolute Gasteiger partial charge is 1.00 e. The van der Waals surface area contributed by atoms with Crippen molar-refractivity contribution in [2.24, 2.45) is 0 Å². The monoisotopic (exact) mass is 412 g/mol. The zero-order valence-corrected chi connectivity index (χ0v) is 19.2. The van der Waals surface area contributed by atoms with Gasteiger partial charge in [0.2, 0.25) is 0 Å². The first-order valence-electron chi connectivity index (χ1n) is 1.53. The van der Waals surface area contributed by atoms with E-state index in [2.05, 4.69) is 4.31 Å². The van der Waals surface area contributed by atoms with Crippen LogP contribution in [0.15, 0.2) is 0 Å². The molecule has 21 heteroatoms. The Morgan fingerprint density at radius 2 is 0.619 bits per heavy atom. The van der Waals surface area contributed by atoms with E-state index in [9.17, 15) is 9.13 Å². The largest absolute Gasteiger partial charge is 1.00 e. The molecule has 0 aliphatic carbocycles. The topological polar surface area (TPSA) is 408 Å². The van der Waals surface area contributed by atoms with Gasteiger partial charge in [0, 0.05) is 0 Å². The molecule has 21 heavy (non-hydrogen) atoms. The summed E-state index contributed by atoms with van der Waals surface area (Å²) >= 11 is 0. The van der Waals surface area contributed by atoms with E-state index < -0.39 is 15.6 Å². The van der Waals surface area contributed by atoms with Crippen LogP contribution in [-0.4, -0.2) is 68.9 Å². The van der Waals surface area contributed by atoms with E-state index in [1.807, 2.05) is 0 Å². The van der Waals surface area contributed by atoms with Gasteiger partial charge < -0.3 is 73.1 Å². The Morgan fingerprint density at radius 3 is 0.619 bits per heavy atom. The predicted octanol–water partition coefficient (Wildman–Crippen LogP) is -16.9. The van der Waals surface area contributed by atoms with Gasteiger partial charge in [-0.2, -0.15) is 4.31 Å². The molecule has 134 valence electrons. The van der Waals surface area contributed by atoms with Crippen LogP contribution in [0.2, 0.25) is 0 Å². The van der Waals surface area contributed by atoms with Crippen LogP contribution < -0.4 is 88.7 Å². The summed E-state index contributed by atoms with van der Waals surface area (Å²) in [6.07, 6.45) is 0. The fraction of sp³-hybridized carbons (Fsp3) is 0. The minimum atomic E-state index is -5.05. The van der Waals surface area contributed by atoms with Gasteiger partial charge in [0.05, 0.1) is 0 Å². The molecule has 0 fully saturated rings. The molecule has 22 N–H and O–H groups in total. The van der Waals surface area contributed by atoms with Crippen LogP contribution in [0, 0.1) is 0 Å². The third-order valence-corrected chi connectivity index (χ3v) is 1.91. The van der Waals surface area contributed by atoms with Crippen LogP contribution in [0.1, 0.15) is 4.28 Å². The molecule has 0 aromatic carbocycles. The fourth-order valence-electron chi connectivity index (χ4n) is 0.139. The number of hydrogen-bond acceptors (Lipinski definition) is 3. The third kappa shape index (κ3) is 126. The second-order valence-corrected chi connectivity index (χ2v) is 3.68. The Labute approximate surface area is 189 Å². The molecule has 0 unspecified atom stereocenters. The van der Waals surface area contributed by atoms with E-state index in [-0.39, 0.29) is 142 Å². The van der Waals surface area contributed by atoms with Crippen molar-refractivity contribution in [3.63, 3.8) is 0 Å². The summed E-state index contributed by atoms with van der Waals surface area (Å²) in [6.45, 7) is 0. The maximum atomic E-state index is 9.63. The quantitative estimate of drug-likeness (QED) is 0.250. The summed E-state index contributed by atoms with van der Waals surface area (Å²) in [7, 11) is -10.1. The summed E-state index contributed by atoms with van der Waals surface area (Å²) in [4.78, 5) is 31.0. The average Bonchev–Trinajstić information content (AvgIpc) is 1.14. The van der Waals surface area contributed by atoms with Crippen molar-refractivity contribution in [3.8, 4) is 0 Å². The Hall–Kier alpha value is 2.90. The fourth-order valence-corrected chi connectivity index (χ4v) is 1.25. The van der Waals surface area contributed by atoms with E-state index in [1.54, 1.807) is 0 Å². The van der Waals surface area contributed by atoms with Crippen LogP contribution in [0.5, 0.6) is 0 Å². The van der Waals surface area contributed by atoms with E-state index >= 15 is 0 Å². The van der Waals surface area contributed by atoms with Crippen molar-refractivity contribution < 1.29 is 175 Å². The van der Waals surface area contributed by atoms with Crippen molar-refractivity contribution in [2.75, 3.05) is 0 Å². The number of phosphoric acid groups is 2. The molecule has 0 saturated heterocycles. The van der Waals surface area contributed by atoms with E-state index in [0.717, 1.165) is 0 Å². The molecule has 0 saturated carbocycles. The standard InChI is InChI=1S/3Na.H4O7P2.9H2O.3H/c;;;1-8(2,3)7-9(4,5)6;;;;;;;;;;;;/h;;;(H2,1,2,3)(H2,4,5,6);9*1H2;;;/q3*+1;;;;;;;;;;;3*-1. The summed E-state index contributed by atoms with van der Waals surface area (Å²) in [5.41, 5.74) is 0. The van der Waals surface area contributed by atoms with Gasteiger partial charge in [-0.3, -0.25) is 0 Å². The van der Waals surface area contributed by atoms with Gasteiger partial charge >= 0.3 is 104 Å². The maximum Gasteiger partial charge on any atom is 1.00 e. The second-order valence-electron chi connectivity index (χ2n) is 1.06. The Morgan fingerprint density at radius 1 is 0.524 bits per heavy atom. The van der Waals surface area contributed by atoms with Crippen LogP contribution in [-0.2, 0) is 13.4 Å². The van der Waals surface area contributed by atoms with Gasteiger partial charge in [0.1, 0.15) is 0 Å². The zero-order valence-electron chi connectivity index (χ0n) is 14.4. The molecule has 0 radical (unpaired) electrons. The Bertz CT molecular complexity index is 175. The zero-order chi connectivity index (χ0) is 7.71. The Balaban J connectivity index is -0.00000000305. The molecule has 0 spiro atoms. The predicted molar refractivity (Wildman–Crippen MR) is 61.0 cm³/mol. The first-order valence-corrected chi connectivity index (χ1v) is 4.59. The molecule has 0 bridgehead atoms. The van der Waals surface area contributed by atoms with Crippen molar-refractivity contribution in [3.05, 3.63) is 0 Å². The van der Waals surface area contributed by atoms with Crippen molar-refractivity contribution >= 4 is 15.6 Å². The first-order chi connectivity index (χ1) is 3.71. The summed E-state index contributed by atoms with van der Waals surface area (Å²) in [6, 6.07) is 0. The molecule has 0 aliphatic heterocycles. The van der Waals surface area contributed by atoms with E-state index in [4.69, 9.17) is 19.6 Å². The van der Waals surface area contributed by atoms with Gasteiger partial charge in [-0.1, -0.05) is 0 Å². The van der Waals surface area contributed by atoms with Crippen molar-refractivity contribution in [1.29, 1.82) is 0 Å². The van der Waals surface area contributed by atoms with E-state index in [1.165, 1.54) is 0 Å². The van der Waals surface area contributed by atoms with E-state index in [0.29, 0.717) is 0 Å². The molecular weight excluding hydrogens is 387 g/mol. The number of rotatable bonds is 2. The second kappa shape index (κ2) is 43.4. The molecule has 0 amide bonds. The van der Waals surface area contributed by atoms with Crippen LogP contribution in [0.25, 0.3) is 0 Å². The summed E-state index contributed by atoms with van der Waals surface area (Å²) in [5, 5.41) is 0. The molecular formula is H25Na3O16P2. The van der Waals surface area contributed by atoms with Crippen LogP contribution in [0.3, 0.4) is 0 Å². The minimum Gasteiger partial charge on any atom is -1.00 e. The maximum absolute atomic E-state index is 9.63. The third-order valence-electron chi connectivity index (χ3n) is 0.213. The Kier molecular flexibility index (Phi) is 218. The number of hydrogen-bond donors (Lipinski definition) is 4. The van der Waals surface area contributed by atoms with Gasteiger partial charge in [-0.25, -0.2) is 9.13 Å². The average molecular weight is 412 g/mol. The molecule has 0 atom stereocenters. The molecule has 0 aromatic heterocycles. The molecule has 0 aliphatic rings. The molecule has 0 aromatic rings. The normalized spacial score (nSPS) is 5.90. The van der Waals surface area contributed by atoms with Crippen LogP contribution in [0.4, 0.5) is 0 Å². The van der Waals surface area contributed by atoms with Gasteiger partial charge in [-0.05, 0) is 0 Å². The molecule has 16 nitrogen and oxygen atoms in total. The van der Waals surface area contributed by atoms with Gasteiger partial charge in [-0.15, -0.1) is 0 Å². The van der Waals surface area contributed by atoms with Crippen LogP contribution >= 0.6 is 15.6 Å². The summed E-state index contributed by atoms with van der Waals surface area (Å²) < 4.78 is 22.2. The SMILES string of the molecule is O.O.O.O.O.O.O.O.O.O=P(O)(O)OP(=O)(O)O.[H-].[H-].[H-].[Na+].[Na+].[Na+]. The summed E-state index contributed by atoms with van der Waals surface area (Å²) in [5.74, 6) is 0. The van der Waals surface area contributed by atoms with Gasteiger partial charge in [0.25, 0.3) is 0 Å². The first kappa shape index (κ1) is 105. The molecule has 0 rings (SSSR count).